The van der Waals surface area contributed by atoms with E-state index in [1.54, 1.807) is 0 Å². The number of aromatic nitrogens is 3. The Balaban J connectivity index is 1.16. The van der Waals surface area contributed by atoms with Crippen LogP contribution in [0, 0.1) is 0 Å². The second-order valence-electron chi connectivity index (χ2n) is 14.7. The van der Waals surface area contributed by atoms with Crippen molar-refractivity contribution in [2.75, 3.05) is 0 Å². The summed E-state index contributed by atoms with van der Waals surface area (Å²) >= 11 is 1.88. The molecule has 0 saturated carbocycles. The monoisotopic (exact) mass is 769 g/mol. The zero-order chi connectivity index (χ0) is 39.1. The van der Waals surface area contributed by atoms with E-state index in [1.165, 1.54) is 69.9 Å². The number of hydrogen-bond acceptors (Lipinski definition) is 4. The van der Waals surface area contributed by atoms with Crippen LogP contribution in [0.3, 0.4) is 0 Å². The summed E-state index contributed by atoms with van der Waals surface area (Å²) in [6.45, 7) is 0. The van der Waals surface area contributed by atoms with Crippen LogP contribution in [0.25, 0.3) is 110 Å². The summed E-state index contributed by atoms with van der Waals surface area (Å²) in [6.07, 6.45) is 0. The van der Waals surface area contributed by atoms with Crippen LogP contribution in [0.15, 0.2) is 212 Å². The highest BCUT2D eigenvalue weighted by atomic mass is 32.1. The van der Waals surface area contributed by atoms with Crippen LogP contribution in [-0.2, 0) is 0 Å². The SMILES string of the molecule is c1ccc(-c2nc(-c3ccccc3)nc(-c3ccc(-c4sc5c(-c6ccccc6)c(-c6ccc7ccccc7c6)c6ccccc6c5c4-c4ccccc4)cc3)n2)cc1. The first-order valence-electron chi connectivity index (χ1n) is 19.9. The molecule has 0 saturated heterocycles. The highest BCUT2D eigenvalue weighted by Gasteiger charge is 2.25. The molecular weight excluding hydrogens is 735 g/mol. The molecule has 0 bridgehead atoms. The van der Waals surface area contributed by atoms with Crippen LogP contribution in [0.2, 0.25) is 0 Å². The maximum atomic E-state index is 5.02. The van der Waals surface area contributed by atoms with Crippen LogP contribution in [0.4, 0.5) is 0 Å². The summed E-state index contributed by atoms with van der Waals surface area (Å²) in [4.78, 5) is 16.2. The molecule has 0 spiro atoms. The molecule has 2 aromatic heterocycles. The highest BCUT2D eigenvalue weighted by Crippen LogP contribution is 2.54. The topological polar surface area (TPSA) is 38.7 Å². The van der Waals surface area contributed by atoms with Gasteiger partial charge in [-0.05, 0) is 55.4 Å². The van der Waals surface area contributed by atoms with E-state index in [-0.39, 0.29) is 0 Å². The Hall–Kier alpha value is -7.53. The van der Waals surface area contributed by atoms with Gasteiger partial charge in [0.25, 0.3) is 0 Å². The molecule has 0 atom stereocenters. The maximum Gasteiger partial charge on any atom is 0.164 e. The van der Waals surface area contributed by atoms with E-state index < -0.39 is 0 Å². The van der Waals surface area contributed by atoms with Gasteiger partial charge in [-0.2, -0.15) is 0 Å². The van der Waals surface area contributed by atoms with Crippen molar-refractivity contribution in [3.8, 4) is 78.0 Å². The van der Waals surface area contributed by atoms with Gasteiger partial charge in [0.05, 0.1) is 0 Å². The summed E-state index contributed by atoms with van der Waals surface area (Å²) in [5, 5.41) is 6.23. The fourth-order valence-electron chi connectivity index (χ4n) is 8.35. The largest absolute Gasteiger partial charge is 0.208 e. The smallest absolute Gasteiger partial charge is 0.164 e. The van der Waals surface area contributed by atoms with Gasteiger partial charge in [-0.25, -0.2) is 15.0 Å². The highest BCUT2D eigenvalue weighted by molar-refractivity contribution is 7.24. The molecule has 0 radical (unpaired) electrons. The number of hydrogen-bond donors (Lipinski definition) is 0. The van der Waals surface area contributed by atoms with E-state index in [0.29, 0.717) is 17.5 Å². The predicted octanol–water partition coefficient (Wildman–Crippen LogP) is 15.1. The van der Waals surface area contributed by atoms with Crippen molar-refractivity contribution in [3.05, 3.63) is 212 Å². The summed E-state index contributed by atoms with van der Waals surface area (Å²) < 4.78 is 1.27. The molecule has 4 heteroatoms. The molecule has 0 aliphatic rings. The van der Waals surface area contributed by atoms with Gasteiger partial charge in [-0.3, -0.25) is 0 Å². The van der Waals surface area contributed by atoms with Gasteiger partial charge in [0, 0.05) is 42.8 Å². The van der Waals surface area contributed by atoms with Crippen LogP contribution in [-0.4, -0.2) is 15.0 Å². The lowest BCUT2D eigenvalue weighted by Gasteiger charge is -2.18. The standard InChI is InChI=1S/C55H35N3S/c1-5-18-37(19-6-1)48-47(44-34-29-36-17-13-14-26-43(36)35-44)45-27-15-16-28-46(45)50-49(38-20-7-2-8-21-38)51(59-52(48)50)39-30-32-42(33-31-39)55-57-53(40-22-9-3-10-23-40)56-54(58-55)41-24-11-4-12-25-41/h1-35H. The molecule has 3 nitrogen and oxygen atoms in total. The molecule has 0 aliphatic heterocycles. The minimum Gasteiger partial charge on any atom is -0.208 e. The van der Waals surface area contributed by atoms with Crippen LogP contribution < -0.4 is 0 Å². The van der Waals surface area contributed by atoms with E-state index in [0.717, 1.165) is 22.3 Å². The Morgan fingerprint density at radius 3 is 1.29 bits per heavy atom. The molecule has 11 rings (SSSR count). The van der Waals surface area contributed by atoms with Crippen molar-refractivity contribution < 1.29 is 0 Å². The van der Waals surface area contributed by atoms with Gasteiger partial charge in [-0.15, -0.1) is 11.3 Å². The predicted molar refractivity (Wildman–Crippen MR) is 248 cm³/mol. The minimum absolute atomic E-state index is 0.640. The van der Waals surface area contributed by atoms with E-state index in [9.17, 15) is 0 Å². The van der Waals surface area contributed by atoms with Crippen molar-refractivity contribution in [2.24, 2.45) is 0 Å². The van der Waals surface area contributed by atoms with Crippen LogP contribution in [0.1, 0.15) is 0 Å². The molecule has 0 fully saturated rings. The summed E-state index contributed by atoms with van der Waals surface area (Å²) in [5.74, 6) is 1.94. The fourth-order valence-corrected chi connectivity index (χ4v) is 9.76. The Morgan fingerprint density at radius 2 is 0.712 bits per heavy atom. The Kier molecular flexibility index (Phi) is 8.68. The molecule has 0 aliphatic carbocycles. The average Bonchev–Trinajstić information content (AvgIpc) is 3.73. The number of thiophene rings is 1. The Bertz CT molecular complexity index is 3230. The lowest BCUT2D eigenvalue weighted by Crippen LogP contribution is -2.00. The number of rotatable bonds is 7. The van der Waals surface area contributed by atoms with E-state index in [4.69, 9.17) is 15.0 Å². The van der Waals surface area contributed by atoms with E-state index >= 15 is 0 Å². The molecule has 0 amide bonds. The van der Waals surface area contributed by atoms with Gasteiger partial charge >= 0.3 is 0 Å². The average molecular weight is 770 g/mol. The van der Waals surface area contributed by atoms with Crippen molar-refractivity contribution in [2.45, 2.75) is 0 Å². The van der Waals surface area contributed by atoms with Gasteiger partial charge in [0.15, 0.2) is 17.5 Å². The summed E-state index contributed by atoms with van der Waals surface area (Å²) in [5.41, 5.74) is 11.3. The molecule has 59 heavy (non-hydrogen) atoms. The number of nitrogens with zero attached hydrogens (tertiary/aromatic N) is 3. The van der Waals surface area contributed by atoms with Crippen molar-refractivity contribution in [1.29, 1.82) is 0 Å². The summed E-state index contributed by atoms with van der Waals surface area (Å²) in [6, 6.07) is 75.3. The van der Waals surface area contributed by atoms with E-state index in [1.807, 2.05) is 72.0 Å². The van der Waals surface area contributed by atoms with E-state index in [2.05, 4.69) is 152 Å². The quantitative estimate of drug-likeness (QED) is 0.162. The second-order valence-corrected chi connectivity index (χ2v) is 15.7. The number of fused-ring (bicyclic) bond motifs is 4. The maximum absolute atomic E-state index is 5.02. The van der Waals surface area contributed by atoms with Gasteiger partial charge < -0.3 is 0 Å². The van der Waals surface area contributed by atoms with Gasteiger partial charge in [0.1, 0.15) is 0 Å². The van der Waals surface area contributed by atoms with Gasteiger partial charge in [0.2, 0.25) is 0 Å². The Labute approximate surface area is 346 Å². The third-order valence-corrected chi connectivity index (χ3v) is 12.4. The van der Waals surface area contributed by atoms with Crippen molar-refractivity contribution in [1.82, 2.24) is 15.0 Å². The van der Waals surface area contributed by atoms with Crippen LogP contribution in [0.5, 0.6) is 0 Å². The first-order valence-corrected chi connectivity index (χ1v) is 20.7. The van der Waals surface area contributed by atoms with Crippen molar-refractivity contribution in [3.63, 3.8) is 0 Å². The molecule has 276 valence electrons. The zero-order valence-corrected chi connectivity index (χ0v) is 32.8. The lowest BCUT2D eigenvalue weighted by molar-refractivity contribution is 1.07. The minimum atomic E-state index is 0.640. The lowest BCUT2D eigenvalue weighted by atomic mass is 9.85. The zero-order valence-electron chi connectivity index (χ0n) is 32.0. The summed E-state index contributed by atoms with van der Waals surface area (Å²) in [7, 11) is 0. The molecule has 2 heterocycles. The molecule has 11 aromatic rings. The second kappa shape index (κ2) is 14.8. The third-order valence-electron chi connectivity index (χ3n) is 11.1. The molecule has 0 N–H and O–H groups in total. The molecular formula is C55H35N3S. The molecule has 9 aromatic carbocycles. The first-order chi connectivity index (χ1) is 29.3. The third kappa shape index (κ3) is 6.27. The fraction of sp³-hybridized carbons (Fsp3) is 0. The molecule has 0 unspecified atom stereocenters. The van der Waals surface area contributed by atoms with Crippen LogP contribution >= 0.6 is 11.3 Å². The normalized spacial score (nSPS) is 11.4. The Morgan fingerprint density at radius 1 is 0.288 bits per heavy atom. The first kappa shape index (κ1) is 34.7. The van der Waals surface area contributed by atoms with Gasteiger partial charge in [-0.1, -0.05) is 206 Å². The van der Waals surface area contributed by atoms with Crippen molar-refractivity contribution >= 4 is 43.0 Å². The number of benzene rings is 9.